The summed E-state index contributed by atoms with van der Waals surface area (Å²) in [6.45, 7) is 15.8. The monoisotopic (exact) mass is 336 g/mol. The Morgan fingerprint density at radius 3 is 1.71 bits per heavy atom. The normalized spacial score (nSPS) is 14.1. The molecule has 2 N–H and O–H groups in total. The number of hydrogen-bond donors (Lipinski definition) is 1. The van der Waals surface area contributed by atoms with E-state index in [4.69, 9.17) is 5.73 Å². The molecule has 1 aromatic rings. The largest absolute Gasteiger partial charge is 0.328 e. The van der Waals surface area contributed by atoms with Crippen molar-refractivity contribution in [2.45, 2.75) is 92.7 Å². The molecular formula is C22H44N2. The molecule has 142 valence electrons. The number of hydrogen-bond acceptors (Lipinski definition) is 2. The number of benzene rings is 1. The van der Waals surface area contributed by atoms with Crippen molar-refractivity contribution in [1.29, 1.82) is 0 Å². The zero-order valence-corrected chi connectivity index (χ0v) is 17.7. The quantitative estimate of drug-likeness (QED) is 0.749. The van der Waals surface area contributed by atoms with Crippen molar-refractivity contribution in [1.82, 2.24) is 4.90 Å². The second kappa shape index (κ2) is 17.0. The standard InChI is InChI=1S/C14H23N.C4H9N.2C2H6/c1-5-13-7-9-14(10-8-13)11-12(3)15(4)6-2;5-4-2-1-3-4;2*1-2/h7-10,12H,5-6,11H2,1-4H3;4H,1-3,5H2;2*1-2H3. The molecule has 0 heterocycles. The molecular weight excluding hydrogens is 292 g/mol. The summed E-state index contributed by atoms with van der Waals surface area (Å²) in [6.07, 6.45) is 6.17. The second-order valence-corrected chi connectivity index (χ2v) is 5.99. The lowest BCUT2D eigenvalue weighted by molar-refractivity contribution is 0.270. The van der Waals surface area contributed by atoms with E-state index in [1.807, 2.05) is 27.7 Å². The van der Waals surface area contributed by atoms with Gasteiger partial charge in [-0.05, 0) is 57.3 Å². The number of aryl methyl sites for hydroxylation is 1. The van der Waals surface area contributed by atoms with Gasteiger partial charge in [0.15, 0.2) is 0 Å². The van der Waals surface area contributed by atoms with E-state index in [2.05, 4.69) is 57.0 Å². The Labute approximate surface area is 152 Å². The van der Waals surface area contributed by atoms with Crippen molar-refractivity contribution in [3.8, 4) is 0 Å². The summed E-state index contributed by atoms with van der Waals surface area (Å²) in [4.78, 5) is 2.38. The first kappa shape index (κ1) is 25.4. The molecule has 1 unspecified atom stereocenters. The fourth-order valence-electron chi connectivity index (χ4n) is 2.16. The van der Waals surface area contributed by atoms with E-state index < -0.39 is 0 Å². The molecule has 1 atom stereocenters. The SMILES string of the molecule is CC.CC.CCc1ccc(CC(C)N(C)CC)cc1.NC1CCC1. The molecule has 0 aliphatic heterocycles. The van der Waals surface area contributed by atoms with Crippen molar-refractivity contribution < 1.29 is 0 Å². The Morgan fingerprint density at radius 1 is 1.00 bits per heavy atom. The molecule has 1 fully saturated rings. The third-order valence-electron chi connectivity index (χ3n) is 4.36. The van der Waals surface area contributed by atoms with E-state index >= 15 is 0 Å². The van der Waals surface area contributed by atoms with E-state index in [1.165, 1.54) is 30.4 Å². The van der Waals surface area contributed by atoms with E-state index in [0.717, 1.165) is 19.4 Å². The molecule has 2 heteroatoms. The van der Waals surface area contributed by atoms with Crippen molar-refractivity contribution in [2.75, 3.05) is 13.6 Å². The molecule has 1 aliphatic carbocycles. The summed E-state index contributed by atoms with van der Waals surface area (Å²) in [7, 11) is 2.19. The third-order valence-corrected chi connectivity index (χ3v) is 4.36. The summed E-state index contributed by atoms with van der Waals surface area (Å²) in [5.41, 5.74) is 8.25. The van der Waals surface area contributed by atoms with Gasteiger partial charge in [-0.1, -0.05) is 72.2 Å². The molecule has 0 amide bonds. The van der Waals surface area contributed by atoms with Gasteiger partial charge in [0.1, 0.15) is 0 Å². The van der Waals surface area contributed by atoms with Crippen LogP contribution in [0.4, 0.5) is 0 Å². The van der Waals surface area contributed by atoms with Gasteiger partial charge in [0.2, 0.25) is 0 Å². The van der Waals surface area contributed by atoms with Crippen LogP contribution in [-0.4, -0.2) is 30.6 Å². The van der Waals surface area contributed by atoms with E-state index in [0.29, 0.717) is 12.1 Å². The molecule has 0 bridgehead atoms. The van der Waals surface area contributed by atoms with Crippen molar-refractivity contribution in [3.05, 3.63) is 35.4 Å². The predicted octanol–water partition coefficient (Wildman–Crippen LogP) is 5.68. The van der Waals surface area contributed by atoms with Gasteiger partial charge in [-0.25, -0.2) is 0 Å². The van der Waals surface area contributed by atoms with Gasteiger partial charge in [-0.3, -0.25) is 0 Å². The van der Waals surface area contributed by atoms with Gasteiger partial charge >= 0.3 is 0 Å². The first-order chi connectivity index (χ1) is 11.6. The third kappa shape index (κ3) is 11.6. The molecule has 0 spiro atoms. The number of rotatable bonds is 5. The van der Waals surface area contributed by atoms with Crippen LogP contribution in [0.1, 0.15) is 78.9 Å². The van der Waals surface area contributed by atoms with Gasteiger partial charge < -0.3 is 10.6 Å². The average molecular weight is 337 g/mol. The lowest BCUT2D eigenvalue weighted by Crippen LogP contribution is -2.30. The lowest BCUT2D eigenvalue weighted by Gasteiger charge is -2.23. The smallest absolute Gasteiger partial charge is 0.0104 e. The summed E-state index contributed by atoms with van der Waals surface area (Å²) < 4.78 is 0. The zero-order chi connectivity index (χ0) is 19.0. The first-order valence-corrected chi connectivity index (χ1v) is 10.1. The van der Waals surface area contributed by atoms with Crippen LogP contribution in [0.2, 0.25) is 0 Å². The summed E-state index contributed by atoms with van der Waals surface area (Å²) in [6, 6.07) is 10.2. The predicted molar refractivity (Wildman–Crippen MR) is 112 cm³/mol. The Balaban J connectivity index is 0. The summed E-state index contributed by atoms with van der Waals surface area (Å²) in [5, 5.41) is 0. The van der Waals surface area contributed by atoms with Crippen LogP contribution in [0.5, 0.6) is 0 Å². The maximum atomic E-state index is 5.38. The molecule has 2 rings (SSSR count). The molecule has 2 nitrogen and oxygen atoms in total. The Kier molecular flexibility index (Phi) is 18.0. The average Bonchev–Trinajstić information content (AvgIpc) is 2.63. The van der Waals surface area contributed by atoms with Gasteiger partial charge in [0, 0.05) is 12.1 Å². The van der Waals surface area contributed by atoms with Crippen LogP contribution >= 0.6 is 0 Å². The Hall–Kier alpha value is -0.860. The van der Waals surface area contributed by atoms with Crippen molar-refractivity contribution in [3.63, 3.8) is 0 Å². The van der Waals surface area contributed by atoms with Gasteiger partial charge in [0.25, 0.3) is 0 Å². The zero-order valence-electron chi connectivity index (χ0n) is 17.7. The highest BCUT2D eigenvalue weighted by molar-refractivity contribution is 5.23. The summed E-state index contributed by atoms with van der Waals surface area (Å²) in [5.74, 6) is 0. The molecule has 0 aromatic heterocycles. The lowest BCUT2D eigenvalue weighted by atomic mass is 9.95. The fraction of sp³-hybridized carbons (Fsp3) is 0.727. The van der Waals surface area contributed by atoms with Crippen molar-refractivity contribution in [2.24, 2.45) is 5.73 Å². The maximum absolute atomic E-state index is 5.38. The van der Waals surface area contributed by atoms with Gasteiger partial charge in [-0.2, -0.15) is 0 Å². The minimum atomic E-state index is 0.565. The topological polar surface area (TPSA) is 29.3 Å². The molecule has 1 aliphatic rings. The molecule has 0 saturated heterocycles. The van der Waals surface area contributed by atoms with Crippen LogP contribution in [0.25, 0.3) is 0 Å². The molecule has 0 radical (unpaired) electrons. The molecule has 1 aromatic carbocycles. The van der Waals surface area contributed by atoms with Crippen LogP contribution in [-0.2, 0) is 12.8 Å². The van der Waals surface area contributed by atoms with Gasteiger partial charge in [-0.15, -0.1) is 0 Å². The van der Waals surface area contributed by atoms with Crippen LogP contribution in [0.3, 0.4) is 0 Å². The van der Waals surface area contributed by atoms with E-state index in [9.17, 15) is 0 Å². The van der Waals surface area contributed by atoms with Crippen LogP contribution < -0.4 is 5.73 Å². The molecule has 1 saturated carbocycles. The minimum absolute atomic E-state index is 0.565. The molecule has 24 heavy (non-hydrogen) atoms. The van der Waals surface area contributed by atoms with Crippen LogP contribution in [0.15, 0.2) is 24.3 Å². The first-order valence-electron chi connectivity index (χ1n) is 10.1. The van der Waals surface area contributed by atoms with Crippen LogP contribution in [0, 0.1) is 0 Å². The van der Waals surface area contributed by atoms with E-state index in [1.54, 1.807) is 0 Å². The highest BCUT2D eigenvalue weighted by Crippen LogP contribution is 2.14. The second-order valence-electron chi connectivity index (χ2n) is 5.99. The fourth-order valence-corrected chi connectivity index (χ4v) is 2.16. The van der Waals surface area contributed by atoms with Crippen molar-refractivity contribution >= 4 is 0 Å². The highest BCUT2D eigenvalue weighted by Gasteiger charge is 2.09. The number of likely N-dealkylation sites (N-methyl/N-ethyl adjacent to an activating group) is 1. The Morgan fingerprint density at radius 2 is 1.42 bits per heavy atom. The number of nitrogens with zero attached hydrogens (tertiary/aromatic N) is 1. The number of nitrogens with two attached hydrogens (primary N) is 1. The van der Waals surface area contributed by atoms with E-state index in [-0.39, 0.29) is 0 Å². The minimum Gasteiger partial charge on any atom is -0.328 e. The maximum Gasteiger partial charge on any atom is 0.0104 e. The highest BCUT2D eigenvalue weighted by atomic mass is 15.1. The Bertz CT molecular complexity index is 355. The summed E-state index contributed by atoms with van der Waals surface area (Å²) >= 11 is 0. The van der Waals surface area contributed by atoms with Gasteiger partial charge in [0.05, 0.1) is 0 Å².